The highest BCUT2D eigenvalue weighted by atomic mass is 16.2. The summed E-state index contributed by atoms with van der Waals surface area (Å²) in [5.41, 5.74) is 0.963. The number of rotatable bonds is 3. The van der Waals surface area contributed by atoms with E-state index in [2.05, 4.69) is 15.6 Å². The topological polar surface area (TPSA) is 81.0 Å². The van der Waals surface area contributed by atoms with E-state index in [9.17, 15) is 4.79 Å². The summed E-state index contributed by atoms with van der Waals surface area (Å²) in [4.78, 5) is 18.1. The molecule has 6 nitrogen and oxygen atoms in total. The van der Waals surface area contributed by atoms with E-state index in [0.717, 1.165) is 18.8 Å². The van der Waals surface area contributed by atoms with Gasteiger partial charge in [-0.1, -0.05) is 6.07 Å². The van der Waals surface area contributed by atoms with Crippen LogP contribution in [0.15, 0.2) is 30.0 Å². The Balaban J connectivity index is 2.05. The summed E-state index contributed by atoms with van der Waals surface area (Å²) >= 11 is 0. The summed E-state index contributed by atoms with van der Waals surface area (Å²) in [6.45, 7) is 4.65. The molecule has 1 saturated heterocycles. The summed E-state index contributed by atoms with van der Waals surface area (Å²) in [5.74, 6) is 0.375. The van der Waals surface area contributed by atoms with Crippen LogP contribution >= 0.6 is 0 Å². The van der Waals surface area contributed by atoms with Crippen molar-refractivity contribution in [3.05, 3.63) is 35.7 Å². The lowest BCUT2D eigenvalue weighted by Crippen LogP contribution is -2.46. The molecule has 0 aromatic carbocycles. The number of hydrogen-bond acceptors (Lipinski definition) is 5. The number of amides is 1. The zero-order chi connectivity index (χ0) is 14.4. The third-order valence-electron chi connectivity index (χ3n) is 3.01. The average Bonchev–Trinajstić information content (AvgIpc) is 2.48. The van der Waals surface area contributed by atoms with Crippen LogP contribution in [-0.2, 0) is 4.79 Å². The van der Waals surface area contributed by atoms with E-state index in [1.165, 1.54) is 6.20 Å². The summed E-state index contributed by atoms with van der Waals surface area (Å²) in [5, 5.41) is 15.2. The first-order chi connectivity index (χ1) is 9.70. The van der Waals surface area contributed by atoms with Gasteiger partial charge >= 0.3 is 0 Å². The average molecular weight is 271 g/mol. The minimum Gasteiger partial charge on any atom is -0.345 e. The highest BCUT2D eigenvalue weighted by Gasteiger charge is 2.19. The fraction of sp³-hybridized carbons (Fsp3) is 0.357. The van der Waals surface area contributed by atoms with Crippen molar-refractivity contribution in [3.8, 4) is 6.07 Å². The van der Waals surface area contributed by atoms with Crippen molar-refractivity contribution >= 4 is 11.7 Å². The maximum Gasteiger partial charge on any atom is 0.266 e. The van der Waals surface area contributed by atoms with Crippen LogP contribution in [0, 0.1) is 18.3 Å². The van der Waals surface area contributed by atoms with E-state index in [-0.39, 0.29) is 11.5 Å². The molecule has 0 radical (unpaired) electrons. The van der Waals surface area contributed by atoms with Crippen LogP contribution in [0.5, 0.6) is 0 Å². The largest absolute Gasteiger partial charge is 0.345 e. The van der Waals surface area contributed by atoms with Gasteiger partial charge in [0.25, 0.3) is 5.91 Å². The molecule has 0 unspecified atom stereocenters. The zero-order valence-corrected chi connectivity index (χ0v) is 11.4. The van der Waals surface area contributed by atoms with Gasteiger partial charge in [0, 0.05) is 38.1 Å². The number of aryl methyl sites for hydroxylation is 1. The van der Waals surface area contributed by atoms with Crippen LogP contribution in [0.1, 0.15) is 5.69 Å². The third kappa shape index (κ3) is 3.56. The molecule has 1 fully saturated rings. The molecule has 1 aliphatic heterocycles. The Morgan fingerprint density at radius 1 is 1.50 bits per heavy atom. The SMILES string of the molecule is Cc1cccc(N/C=C(/C#N)C(=O)N2CCNCC2)n1. The quantitative estimate of drug-likeness (QED) is 0.623. The van der Waals surface area contributed by atoms with E-state index in [1.54, 1.807) is 11.0 Å². The molecule has 6 heteroatoms. The second-order valence-corrected chi connectivity index (χ2v) is 4.52. The highest BCUT2D eigenvalue weighted by Crippen LogP contribution is 2.07. The van der Waals surface area contributed by atoms with E-state index in [0.29, 0.717) is 18.9 Å². The van der Waals surface area contributed by atoms with Gasteiger partial charge in [-0.3, -0.25) is 4.79 Å². The Kier molecular flexibility index (Phi) is 4.69. The number of nitriles is 1. The molecule has 0 spiro atoms. The third-order valence-corrected chi connectivity index (χ3v) is 3.01. The van der Waals surface area contributed by atoms with Crippen LogP contribution < -0.4 is 10.6 Å². The van der Waals surface area contributed by atoms with Gasteiger partial charge in [-0.2, -0.15) is 5.26 Å². The number of carbonyl (C=O) groups is 1. The summed E-state index contributed by atoms with van der Waals surface area (Å²) < 4.78 is 0. The van der Waals surface area contributed by atoms with Gasteiger partial charge in [-0.25, -0.2) is 4.98 Å². The van der Waals surface area contributed by atoms with E-state index < -0.39 is 0 Å². The molecule has 2 rings (SSSR count). The monoisotopic (exact) mass is 271 g/mol. The standard InChI is InChI=1S/C14H17N5O/c1-11-3-2-4-13(18-11)17-10-12(9-15)14(20)19-7-5-16-6-8-19/h2-4,10,16H,5-8H2,1H3,(H,17,18)/b12-10-. The number of nitrogens with zero attached hydrogens (tertiary/aromatic N) is 3. The Bertz CT molecular complexity index is 555. The van der Waals surface area contributed by atoms with Gasteiger partial charge in [0.15, 0.2) is 0 Å². The van der Waals surface area contributed by atoms with Crippen molar-refractivity contribution in [1.29, 1.82) is 5.26 Å². The molecule has 1 aliphatic rings. The van der Waals surface area contributed by atoms with Crippen LogP contribution in [0.2, 0.25) is 0 Å². The van der Waals surface area contributed by atoms with E-state index in [1.807, 2.05) is 25.1 Å². The number of carbonyl (C=O) groups excluding carboxylic acids is 1. The van der Waals surface area contributed by atoms with Crippen molar-refractivity contribution < 1.29 is 4.79 Å². The molecule has 0 aliphatic carbocycles. The van der Waals surface area contributed by atoms with Gasteiger partial charge in [0.1, 0.15) is 17.5 Å². The van der Waals surface area contributed by atoms with Gasteiger partial charge in [0.2, 0.25) is 0 Å². The minimum absolute atomic E-state index is 0.0928. The molecule has 104 valence electrons. The van der Waals surface area contributed by atoms with Crippen molar-refractivity contribution in [1.82, 2.24) is 15.2 Å². The maximum absolute atomic E-state index is 12.2. The van der Waals surface area contributed by atoms with Gasteiger partial charge in [0.05, 0.1) is 0 Å². The first kappa shape index (κ1) is 14.0. The van der Waals surface area contributed by atoms with Gasteiger partial charge < -0.3 is 15.5 Å². The second kappa shape index (κ2) is 6.68. The first-order valence-corrected chi connectivity index (χ1v) is 6.51. The molecule has 1 amide bonds. The fourth-order valence-corrected chi connectivity index (χ4v) is 1.95. The smallest absolute Gasteiger partial charge is 0.266 e. The lowest BCUT2D eigenvalue weighted by molar-refractivity contribution is -0.127. The number of pyridine rings is 1. The van der Waals surface area contributed by atoms with Crippen molar-refractivity contribution in [3.63, 3.8) is 0 Å². The first-order valence-electron chi connectivity index (χ1n) is 6.51. The Labute approximate surface area is 118 Å². The molecular formula is C14H17N5O. The molecule has 2 heterocycles. The summed E-state index contributed by atoms with van der Waals surface area (Å²) in [7, 11) is 0. The number of aromatic nitrogens is 1. The van der Waals surface area contributed by atoms with E-state index >= 15 is 0 Å². The summed E-state index contributed by atoms with van der Waals surface area (Å²) in [6.07, 6.45) is 1.42. The highest BCUT2D eigenvalue weighted by molar-refractivity contribution is 5.97. The lowest BCUT2D eigenvalue weighted by Gasteiger charge is -2.27. The van der Waals surface area contributed by atoms with Crippen molar-refractivity contribution in [2.24, 2.45) is 0 Å². The molecule has 0 atom stereocenters. The van der Waals surface area contributed by atoms with E-state index in [4.69, 9.17) is 5.26 Å². The van der Waals surface area contributed by atoms with Crippen LogP contribution in [0.3, 0.4) is 0 Å². The number of piperazine rings is 1. The molecule has 1 aromatic heterocycles. The molecule has 1 aromatic rings. The number of nitrogens with one attached hydrogen (secondary N) is 2. The van der Waals surface area contributed by atoms with Crippen molar-refractivity contribution in [2.75, 3.05) is 31.5 Å². The van der Waals surface area contributed by atoms with Crippen LogP contribution in [0.25, 0.3) is 0 Å². The Morgan fingerprint density at radius 3 is 2.90 bits per heavy atom. The Morgan fingerprint density at radius 2 is 2.25 bits per heavy atom. The number of hydrogen-bond donors (Lipinski definition) is 2. The van der Waals surface area contributed by atoms with Crippen LogP contribution in [-0.4, -0.2) is 42.0 Å². The predicted molar refractivity (Wildman–Crippen MR) is 75.7 cm³/mol. The summed E-state index contributed by atoms with van der Waals surface area (Å²) in [6, 6.07) is 7.47. The van der Waals surface area contributed by atoms with Crippen molar-refractivity contribution in [2.45, 2.75) is 6.92 Å². The zero-order valence-electron chi connectivity index (χ0n) is 11.4. The molecule has 2 N–H and O–H groups in total. The van der Waals surface area contributed by atoms with Gasteiger partial charge in [-0.05, 0) is 19.1 Å². The fourth-order valence-electron chi connectivity index (χ4n) is 1.95. The second-order valence-electron chi connectivity index (χ2n) is 4.52. The molecule has 20 heavy (non-hydrogen) atoms. The van der Waals surface area contributed by atoms with Gasteiger partial charge in [-0.15, -0.1) is 0 Å². The minimum atomic E-state index is -0.242. The normalized spacial score (nSPS) is 15.6. The maximum atomic E-state index is 12.2. The Hall–Kier alpha value is -2.39. The lowest BCUT2D eigenvalue weighted by atomic mass is 10.2. The van der Waals surface area contributed by atoms with Crippen LogP contribution in [0.4, 0.5) is 5.82 Å². The molecule has 0 bridgehead atoms. The molecular weight excluding hydrogens is 254 g/mol. The molecule has 0 saturated carbocycles. The number of anilines is 1. The predicted octanol–water partition coefficient (Wildman–Crippen LogP) is 0.641.